The maximum absolute atomic E-state index is 12.1. The molecule has 0 unspecified atom stereocenters. The summed E-state index contributed by atoms with van der Waals surface area (Å²) in [5, 5.41) is 14.0. The van der Waals surface area contributed by atoms with Crippen LogP contribution >= 0.6 is 11.6 Å². The minimum Gasteiger partial charge on any atom is -0.288 e. The molecule has 134 valence electrons. The van der Waals surface area contributed by atoms with Gasteiger partial charge >= 0.3 is 0 Å². The van der Waals surface area contributed by atoms with E-state index in [1.54, 1.807) is 22.3 Å². The first-order valence-electron chi connectivity index (χ1n) is 8.20. The van der Waals surface area contributed by atoms with E-state index in [0.29, 0.717) is 10.7 Å². The van der Waals surface area contributed by atoms with Crippen molar-refractivity contribution in [3.63, 3.8) is 0 Å². The third-order valence-corrected chi connectivity index (χ3v) is 4.46. The van der Waals surface area contributed by atoms with Crippen LogP contribution in [-0.2, 0) is 5.41 Å². The van der Waals surface area contributed by atoms with Crippen LogP contribution in [0.1, 0.15) is 36.7 Å². The van der Waals surface area contributed by atoms with Gasteiger partial charge in [-0.25, -0.2) is 10.2 Å². The Morgan fingerprint density at radius 2 is 1.69 bits per heavy atom. The molecule has 5 nitrogen and oxygen atoms in total. The zero-order valence-electron chi connectivity index (χ0n) is 14.8. The molecule has 3 rings (SSSR count). The van der Waals surface area contributed by atoms with Crippen LogP contribution in [0.4, 0.5) is 0 Å². The number of hydrogen-bond acceptors (Lipinski definition) is 3. The first-order chi connectivity index (χ1) is 12.3. The van der Waals surface area contributed by atoms with Crippen LogP contribution in [0, 0.1) is 0 Å². The quantitative estimate of drug-likeness (QED) is 0.523. The Hall–Kier alpha value is -2.63. The van der Waals surface area contributed by atoms with Gasteiger partial charge in [-0.1, -0.05) is 56.6 Å². The average Bonchev–Trinajstić information content (AvgIpc) is 3.06. The van der Waals surface area contributed by atoms with Gasteiger partial charge in [0.1, 0.15) is 0 Å². The number of carbonyl (C=O) groups is 1. The second kappa shape index (κ2) is 6.94. The molecule has 0 spiro atoms. The van der Waals surface area contributed by atoms with Crippen molar-refractivity contribution in [2.45, 2.75) is 26.2 Å². The number of amides is 1. The maximum Gasteiger partial charge on any atom is 0.278 e. The van der Waals surface area contributed by atoms with Gasteiger partial charge in [0.25, 0.3) is 5.91 Å². The van der Waals surface area contributed by atoms with Crippen molar-refractivity contribution in [3.8, 4) is 16.9 Å². The number of hydroxylamine groups is 1. The fourth-order valence-corrected chi connectivity index (χ4v) is 2.88. The number of aromatic nitrogens is 2. The molecule has 1 aromatic heterocycles. The summed E-state index contributed by atoms with van der Waals surface area (Å²) in [6.07, 6.45) is 1.44. The van der Waals surface area contributed by atoms with Crippen molar-refractivity contribution < 1.29 is 10.0 Å². The number of hydrogen-bond donors (Lipinski definition) is 2. The van der Waals surface area contributed by atoms with E-state index in [1.807, 2.05) is 24.3 Å². The SMILES string of the molecule is CC(C)(C)c1ccc(-n2ncc(C(=O)NO)c2-c2ccc(Cl)cc2)cc1. The van der Waals surface area contributed by atoms with Gasteiger partial charge in [0.15, 0.2) is 0 Å². The number of nitrogens with one attached hydrogen (secondary N) is 1. The lowest BCUT2D eigenvalue weighted by Crippen LogP contribution is -2.19. The van der Waals surface area contributed by atoms with Gasteiger partial charge in [0.2, 0.25) is 0 Å². The van der Waals surface area contributed by atoms with Gasteiger partial charge in [0.05, 0.1) is 23.1 Å². The molecule has 2 aromatic carbocycles. The molecule has 6 heteroatoms. The molecule has 2 N–H and O–H groups in total. The maximum atomic E-state index is 12.1. The molecule has 0 atom stereocenters. The zero-order valence-corrected chi connectivity index (χ0v) is 15.6. The van der Waals surface area contributed by atoms with Crippen molar-refractivity contribution in [1.29, 1.82) is 0 Å². The lowest BCUT2D eigenvalue weighted by Gasteiger charge is -2.19. The second-order valence-corrected chi connectivity index (χ2v) is 7.50. The van der Waals surface area contributed by atoms with Gasteiger partial charge in [0, 0.05) is 10.6 Å². The molecule has 3 aromatic rings. The predicted molar refractivity (Wildman–Crippen MR) is 102 cm³/mol. The van der Waals surface area contributed by atoms with Crippen LogP contribution in [0.2, 0.25) is 5.02 Å². The number of carbonyl (C=O) groups excluding carboxylic acids is 1. The van der Waals surface area contributed by atoms with Gasteiger partial charge in [-0.2, -0.15) is 5.10 Å². The monoisotopic (exact) mass is 369 g/mol. The van der Waals surface area contributed by atoms with Crippen molar-refractivity contribution in [3.05, 3.63) is 70.9 Å². The van der Waals surface area contributed by atoms with Gasteiger partial charge in [-0.3, -0.25) is 10.0 Å². The molecule has 26 heavy (non-hydrogen) atoms. The number of nitrogens with zero attached hydrogens (tertiary/aromatic N) is 2. The topological polar surface area (TPSA) is 67.2 Å². The fourth-order valence-electron chi connectivity index (χ4n) is 2.76. The molecule has 0 aliphatic carbocycles. The van der Waals surface area contributed by atoms with Crippen LogP contribution < -0.4 is 5.48 Å². The Morgan fingerprint density at radius 3 is 2.23 bits per heavy atom. The van der Waals surface area contributed by atoms with Crippen LogP contribution in [0.3, 0.4) is 0 Å². The summed E-state index contributed by atoms with van der Waals surface area (Å²) >= 11 is 5.98. The van der Waals surface area contributed by atoms with E-state index in [4.69, 9.17) is 16.8 Å². The normalized spacial score (nSPS) is 11.4. The molecule has 0 aliphatic heterocycles. The summed E-state index contributed by atoms with van der Waals surface area (Å²) in [5.41, 5.74) is 5.37. The average molecular weight is 370 g/mol. The van der Waals surface area contributed by atoms with Gasteiger partial charge in [-0.05, 0) is 35.2 Å². The Bertz CT molecular complexity index is 923. The Labute approximate surface area is 157 Å². The van der Waals surface area contributed by atoms with Crippen molar-refractivity contribution in [1.82, 2.24) is 15.3 Å². The highest BCUT2D eigenvalue weighted by Gasteiger charge is 2.20. The van der Waals surface area contributed by atoms with E-state index < -0.39 is 5.91 Å². The molecular formula is C20H20ClN3O2. The number of halogens is 1. The highest BCUT2D eigenvalue weighted by Crippen LogP contribution is 2.29. The minimum atomic E-state index is -0.618. The predicted octanol–water partition coefficient (Wildman–Crippen LogP) is 4.61. The van der Waals surface area contributed by atoms with E-state index >= 15 is 0 Å². The van der Waals surface area contributed by atoms with Crippen molar-refractivity contribution in [2.24, 2.45) is 0 Å². The Morgan fingerprint density at radius 1 is 1.08 bits per heavy atom. The highest BCUT2D eigenvalue weighted by atomic mass is 35.5. The lowest BCUT2D eigenvalue weighted by atomic mass is 9.87. The largest absolute Gasteiger partial charge is 0.288 e. The van der Waals surface area contributed by atoms with Crippen LogP contribution in [0.5, 0.6) is 0 Å². The zero-order chi connectivity index (χ0) is 18.9. The lowest BCUT2D eigenvalue weighted by molar-refractivity contribution is 0.0707. The van der Waals surface area contributed by atoms with E-state index in [0.717, 1.165) is 11.3 Å². The first kappa shape index (κ1) is 18.2. The van der Waals surface area contributed by atoms with E-state index in [9.17, 15) is 4.79 Å². The third kappa shape index (κ3) is 3.49. The Kier molecular flexibility index (Phi) is 4.85. The summed E-state index contributed by atoms with van der Waals surface area (Å²) in [6.45, 7) is 6.45. The van der Waals surface area contributed by atoms with Crippen LogP contribution in [0.15, 0.2) is 54.7 Å². The van der Waals surface area contributed by atoms with Gasteiger partial charge < -0.3 is 0 Å². The summed E-state index contributed by atoms with van der Waals surface area (Å²) in [7, 11) is 0. The summed E-state index contributed by atoms with van der Waals surface area (Å²) < 4.78 is 1.68. The molecular weight excluding hydrogens is 350 g/mol. The molecule has 0 bridgehead atoms. The molecule has 0 radical (unpaired) electrons. The van der Waals surface area contributed by atoms with Crippen molar-refractivity contribution in [2.75, 3.05) is 0 Å². The Balaban J connectivity index is 2.14. The molecule has 1 amide bonds. The summed E-state index contributed by atoms with van der Waals surface area (Å²) in [5.74, 6) is -0.618. The van der Waals surface area contributed by atoms with Crippen LogP contribution in [-0.4, -0.2) is 20.9 Å². The van der Waals surface area contributed by atoms with E-state index in [1.165, 1.54) is 11.8 Å². The van der Waals surface area contributed by atoms with Crippen LogP contribution in [0.25, 0.3) is 16.9 Å². The molecule has 0 saturated heterocycles. The number of benzene rings is 2. The first-order valence-corrected chi connectivity index (χ1v) is 8.58. The molecule has 0 aliphatic rings. The highest BCUT2D eigenvalue weighted by molar-refractivity contribution is 6.30. The molecule has 0 saturated carbocycles. The van der Waals surface area contributed by atoms with Crippen molar-refractivity contribution >= 4 is 17.5 Å². The number of rotatable bonds is 3. The van der Waals surface area contributed by atoms with Gasteiger partial charge in [-0.15, -0.1) is 0 Å². The second-order valence-electron chi connectivity index (χ2n) is 7.06. The van der Waals surface area contributed by atoms with E-state index in [-0.39, 0.29) is 11.0 Å². The summed E-state index contributed by atoms with van der Waals surface area (Å²) in [6, 6.07) is 15.2. The molecule has 0 fully saturated rings. The fraction of sp³-hybridized carbons (Fsp3) is 0.200. The molecule has 1 heterocycles. The third-order valence-electron chi connectivity index (χ3n) is 4.21. The standard InChI is InChI=1S/C20H20ClN3O2/c1-20(2,3)14-6-10-16(11-7-14)24-18(13-4-8-15(21)9-5-13)17(12-22-24)19(25)23-26/h4-12,26H,1-3H3,(H,23,25). The van der Waals surface area contributed by atoms with E-state index in [2.05, 4.69) is 38.0 Å². The minimum absolute atomic E-state index is 0.0452. The summed E-state index contributed by atoms with van der Waals surface area (Å²) in [4.78, 5) is 12.1. The smallest absolute Gasteiger partial charge is 0.278 e.